The summed E-state index contributed by atoms with van der Waals surface area (Å²) >= 11 is -0.0624. The van der Waals surface area contributed by atoms with Crippen molar-refractivity contribution >= 4 is 8.32 Å². The van der Waals surface area contributed by atoms with Crippen molar-refractivity contribution in [3.05, 3.63) is 61.7 Å². The fraction of sp³-hybridized carbons (Fsp3) is 0.200. The molecule has 0 heterocycles. The quantitative estimate of drug-likeness (QED) is 0.578. The predicted molar refractivity (Wildman–Crippen MR) is 74.3 cm³/mol. The summed E-state index contributed by atoms with van der Waals surface area (Å²) in [4.78, 5) is 0. The summed E-state index contributed by atoms with van der Waals surface area (Å²) in [6, 6.07) is 19.3. The Morgan fingerprint density at radius 2 is 1.33 bits per heavy atom. The predicted octanol–water partition coefficient (Wildman–Crippen LogP) is 1.03. The van der Waals surface area contributed by atoms with Crippen molar-refractivity contribution in [2.45, 2.75) is 19.6 Å². The van der Waals surface area contributed by atoms with Gasteiger partial charge in [-0.3, -0.25) is 0 Å². The number of halogens is 1. The molecule has 3 heteroatoms. The summed E-state index contributed by atoms with van der Waals surface area (Å²) in [6.45, 7) is 6.62. The Morgan fingerprint density at radius 1 is 0.778 bits per heavy atom. The molecule has 0 fully saturated rings. The zero-order valence-electron chi connectivity index (χ0n) is 11.0. The van der Waals surface area contributed by atoms with Crippen LogP contribution in [0.3, 0.4) is 0 Å². The van der Waals surface area contributed by atoms with Crippen LogP contribution in [0.2, 0.25) is 19.6 Å². The van der Waals surface area contributed by atoms with Gasteiger partial charge in [0.15, 0.2) is 0 Å². The van der Waals surface area contributed by atoms with Crippen LogP contribution in [0.25, 0.3) is 0 Å². The van der Waals surface area contributed by atoms with Crippen LogP contribution in [0.5, 0.6) is 5.75 Å². The Balaban J connectivity index is 2.04. The summed E-state index contributed by atoms with van der Waals surface area (Å²) in [5, 5.41) is 0. The number of hydrogen-bond donors (Lipinski definition) is 0. The third-order valence-electron chi connectivity index (χ3n) is 2.19. The molecule has 0 aliphatic rings. The van der Waals surface area contributed by atoms with Gasteiger partial charge in [0, 0.05) is 0 Å². The molecule has 2 rings (SSSR count). The molecule has 0 unspecified atom stereocenters. The molecule has 0 aliphatic carbocycles. The number of benzene rings is 2. The van der Waals surface area contributed by atoms with Gasteiger partial charge in [-0.2, -0.15) is 0 Å². The SMILES string of the molecule is C[Si](C)(C)Oc1ccc([I-]c2ccccc2)cc1. The van der Waals surface area contributed by atoms with E-state index in [9.17, 15) is 0 Å². The molecule has 0 N–H and O–H groups in total. The molecule has 0 aliphatic heterocycles. The van der Waals surface area contributed by atoms with Crippen LogP contribution in [0.4, 0.5) is 0 Å². The third-order valence-corrected chi connectivity index (χ3v) is 5.72. The summed E-state index contributed by atoms with van der Waals surface area (Å²) < 4.78 is 8.85. The van der Waals surface area contributed by atoms with Crippen LogP contribution in [-0.2, 0) is 0 Å². The molecule has 0 bridgehead atoms. The second kappa shape index (κ2) is 5.89. The molecular weight excluding hydrogens is 351 g/mol. The van der Waals surface area contributed by atoms with Gasteiger partial charge < -0.3 is 0 Å². The zero-order valence-corrected chi connectivity index (χ0v) is 14.1. The Morgan fingerprint density at radius 3 is 1.89 bits per heavy atom. The third kappa shape index (κ3) is 4.46. The van der Waals surface area contributed by atoms with E-state index in [4.69, 9.17) is 4.43 Å². The molecule has 0 saturated carbocycles. The van der Waals surface area contributed by atoms with Gasteiger partial charge in [-0.1, -0.05) is 0 Å². The van der Waals surface area contributed by atoms with Crippen molar-refractivity contribution in [3.63, 3.8) is 0 Å². The van der Waals surface area contributed by atoms with Gasteiger partial charge in [0.05, 0.1) is 0 Å². The van der Waals surface area contributed by atoms with Crippen LogP contribution >= 0.6 is 0 Å². The second-order valence-electron chi connectivity index (χ2n) is 5.06. The Labute approximate surface area is 121 Å². The Kier molecular flexibility index (Phi) is 4.45. The molecule has 0 spiro atoms. The minimum absolute atomic E-state index is 0.0624. The Bertz CT molecular complexity index is 488. The van der Waals surface area contributed by atoms with Crippen LogP contribution < -0.4 is 25.6 Å². The molecule has 2 aromatic rings. The van der Waals surface area contributed by atoms with Gasteiger partial charge >= 0.3 is 121 Å². The van der Waals surface area contributed by atoms with Gasteiger partial charge in [-0.05, 0) is 0 Å². The maximum absolute atomic E-state index is 5.96. The van der Waals surface area contributed by atoms with Crippen molar-refractivity contribution in [1.29, 1.82) is 0 Å². The van der Waals surface area contributed by atoms with Gasteiger partial charge in [0.25, 0.3) is 0 Å². The molecule has 0 atom stereocenters. The number of rotatable bonds is 4. The van der Waals surface area contributed by atoms with E-state index in [0.29, 0.717) is 0 Å². The first-order chi connectivity index (χ1) is 8.53. The van der Waals surface area contributed by atoms with E-state index < -0.39 is 8.32 Å². The normalized spacial score (nSPS) is 11.5. The van der Waals surface area contributed by atoms with Crippen LogP contribution in [-0.4, -0.2) is 8.32 Å². The monoisotopic (exact) mass is 369 g/mol. The van der Waals surface area contributed by atoms with Gasteiger partial charge in [-0.25, -0.2) is 0 Å². The van der Waals surface area contributed by atoms with Gasteiger partial charge in [0.1, 0.15) is 0 Å². The van der Waals surface area contributed by atoms with Gasteiger partial charge in [-0.15, -0.1) is 0 Å². The van der Waals surface area contributed by atoms with E-state index in [1.807, 2.05) is 0 Å². The molecule has 0 amide bonds. The van der Waals surface area contributed by atoms with E-state index >= 15 is 0 Å². The van der Waals surface area contributed by atoms with Crippen molar-refractivity contribution in [3.8, 4) is 5.75 Å². The molecular formula is C15H18IOSi-. The molecule has 18 heavy (non-hydrogen) atoms. The van der Waals surface area contributed by atoms with E-state index in [-0.39, 0.29) is 21.2 Å². The second-order valence-corrected chi connectivity index (χ2v) is 12.5. The summed E-state index contributed by atoms with van der Waals surface area (Å²) in [5.74, 6) is 1.01. The summed E-state index contributed by atoms with van der Waals surface area (Å²) in [7, 11) is -1.48. The topological polar surface area (TPSA) is 9.23 Å². The standard InChI is InChI=1S/C15H18IOSi/c1-18(2,3)17-15-11-9-14(10-12-15)16-13-7-5-4-6-8-13/h4-12H,1-3H3/q-1. The van der Waals surface area contributed by atoms with E-state index in [1.54, 1.807) is 0 Å². The minimum atomic E-state index is -1.48. The molecule has 0 radical (unpaired) electrons. The fourth-order valence-electron chi connectivity index (χ4n) is 1.52. The average molecular weight is 369 g/mol. The van der Waals surface area contributed by atoms with Crippen LogP contribution in [0.15, 0.2) is 54.6 Å². The molecule has 1 nitrogen and oxygen atoms in total. The average Bonchev–Trinajstić information content (AvgIpc) is 2.31. The summed E-state index contributed by atoms with van der Waals surface area (Å²) in [6.07, 6.45) is 0. The van der Waals surface area contributed by atoms with E-state index in [1.165, 1.54) is 7.14 Å². The van der Waals surface area contributed by atoms with E-state index in [0.717, 1.165) is 5.75 Å². The van der Waals surface area contributed by atoms with Crippen molar-refractivity contribution in [2.24, 2.45) is 0 Å². The van der Waals surface area contributed by atoms with Crippen molar-refractivity contribution < 1.29 is 25.6 Å². The molecule has 96 valence electrons. The van der Waals surface area contributed by atoms with Gasteiger partial charge in [0.2, 0.25) is 0 Å². The first-order valence-corrected chi connectivity index (χ1v) is 11.6. The van der Waals surface area contributed by atoms with Crippen molar-refractivity contribution in [1.82, 2.24) is 0 Å². The van der Waals surface area contributed by atoms with Crippen molar-refractivity contribution in [2.75, 3.05) is 0 Å². The van der Waals surface area contributed by atoms with Crippen LogP contribution in [0, 0.1) is 7.14 Å². The van der Waals surface area contributed by atoms with E-state index in [2.05, 4.69) is 74.2 Å². The molecule has 0 aromatic heterocycles. The first-order valence-electron chi connectivity index (χ1n) is 6.02. The maximum atomic E-state index is 5.96. The van der Waals surface area contributed by atoms with Crippen LogP contribution in [0.1, 0.15) is 0 Å². The molecule has 2 aromatic carbocycles. The molecule has 0 saturated heterocycles. The Hall–Kier alpha value is -0.813. The summed E-state index contributed by atoms with van der Waals surface area (Å²) in [5.41, 5.74) is 0. The first kappa shape index (κ1) is 13.6. The fourth-order valence-corrected chi connectivity index (χ4v) is 4.58. The number of hydrogen-bond acceptors (Lipinski definition) is 1. The zero-order chi connectivity index (χ0) is 13.0.